The van der Waals surface area contributed by atoms with Crippen molar-refractivity contribution in [1.82, 2.24) is 5.48 Å². The van der Waals surface area contributed by atoms with E-state index < -0.39 is 17.8 Å². The number of cyclic esters (lactones) is 1. The zero-order valence-corrected chi connectivity index (χ0v) is 11.0. The zero-order valence-electron chi connectivity index (χ0n) is 11.0. The molecule has 6 nitrogen and oxygen atoms in total. The van der Waals surface area contributed by atoms with E-state index in [1.54, 1.807) is 0 Å². The second kappa shape index (κ2) is 5.88. The van der Waals surface area contributed by atoms with Crippen LogP contribution < -0.4 is 5.48 Å². The van der Waals surface area contributed by atoms with E-state index in [1.165, 1.54) is 0 Å². The number of ether oxygens (including phenoxy) is 3. The molecule has 0 amide bonds. The maximum absolute atomic E-state index is 12.0. The largest absolute Gasteiger partial charge is 0.464 e. The first-order valence-electron chi connectivity index (χ1n) is 6.64. The van der Waals surface area contributed by atoms with E-state index in [4.69, 9.17) is 19.0 Å². The van der Waals surface area contributed by atoms with Crippen molar-refractivity contribution < 1.29 is 23.8 Å². The summed E-state index contributed by atoms with van der Waals surface area (Å²) in [4.78, 5) is 17.5. The van der Waals surface area contributed by atoms with Crippen LogP contribution in [0.5, 0.6) is 0 Å². The fraction of sp³-hybridized carbons (Fsp3) is 0.500. The molecule has 0 bridgehead atoms. The third-order valence-electron chi connectivity index (χ3n) is 3.45. The molecule has 2 aliphatic heterocycles. The molecule has 1 N–H and O–H groups in total. The Morgan fingerprint density at radius 3 is 2.60 bits per heavy atom. The Morgan fingerprint density at radius 1 is 1.20 bits per heavy atom. The van der Waals surface area contributed by atoms with Crippen LogP contribution in [0.1, 0.15) is 12.0 Å². The van der Waals surface area contributed by atoms with Crippen molar-refractivity contribution in [2.24, 2.45) is 0 Å². The van der Waals surface area contributed by atoms with Crippen LogP contribution in [-0.4, -0.2) is 37.6 Å². The van der Waals surface area contributed by atoms with Gasteiger partial charge in [-0.05, 0) is 5.56 Å². The first-order chi connectivity index (χ1) is 9.81. The van der Waals surface area contributed by atoms with E-state index >= 15 is 0 Å². The molecule has 0 aromatic heterocycles. The van der Waals surface area contributed by atoms with Gasteiger partial charge in [0.2, 0.25) is 0 Å². The lowest BCUT2D eigenvalue weighted by Gasteiger charge is -2.29. The number of carbonyl (C=O) groups is 1. The first-order valence-corrected chi connectivity index (χ1v) is 6.64. The van der Waals surface area contributed by atoms with Crippen LogP contribution in [0.3, 0.4) is 0 Å². The molecule has 1 aromatic rings. The van der Waals surface area contributed by atoms with Crippen LogP contribution in [0.25, 0.3) is 0 Å². The Bertz CT molecular complexity index is 460. The molecule has 1 unspecified atom stereocenters. The Labute approximate surface area is 116 Å². The predicted octanol–water partition coefficient (Wildman–Crippen LogP) is 0.766. The monoisotopic (exact) mass is 279 g/mol. The smallest absolute Gasteiger partial charge is 0.334 e. The van der Waals surface area contributed by atoms with Gasteiger partial charge in [0.1, 0.15) is 0 Å². The molecule has 0 aliphatic carbocycles. The van der Waals surface area contributed by atoms with Crippen molar-refractivity contribution in [3.05, 3.63) is 35.9 Å². The maximum atomic E-state index is 12.0. The quantitative estimate of drug-likeness (QED) is 0.634. The number of benzene rings is 1. The highest BCUT2D eigenvalue weighted by Crippen LogP contribution is 2.29. The summed E-state index contributed by atoms with van der Waals surface area (Å²) < 4.78 is 15.9. The van der Waals surface area contributed by atoms with Gasteiger partial charge in [-0.15, -0.1) is 0 Å². The second-order valence-electron chi connectivity index (χ2n) is 4.81. The van der Waals surface area contributed by atoms with Gasteiger partial charge in [-0.2, -0.15) is 5.48 Å². The average Bonchev–Trinajstić information content (AvgIpc) is 3.11. The van der Waals surface area contributed by atoms with Gasteiger partial charge in [0.15, 0.2) is 11.8 Å². The van der Waals surface area contributed by atoms with Crippen LogP contribution >= 0.6 is 0 Å². The molecule has 108 valence electrons. The third kappa shape index (κ3) is 2.55. The molecule has 0 saturated carbocycles. The highest BCUT2D eigenvalue weighted by atomic mass is 16.7. The average molecular weight is 279 g/mol. The molecule has 2 saturated heterocycles. The van der Waals surface area contributed by atoms with Crippen LogP contribution in [0.15, 0.2) is 30.3 Å². The van der Waals surface area contributed by atoms with Crippen molar-refractivity contribution in [2.45, 2.75) is 24.9 Å². The van der Waals surface area contributed by atoms with E-state index in [0.717, 1.165) is 5.56 Å². The van der Waals surface area contributed by atoms with Gasteiger partial charge in [0.05, 0.1) is 26.4 Å². The molecule has 0 spiro atoms. The van der Waals surface area contributed by atoms with Crippen LogP contribution in [-0.2, 0) is 30.4 Å². The number of hydroxylamine groups is 1. The van der Waals surface area contributed by atoms with Crippen molar-refractivity contribution in [3.63, 3.8) is 0 Å². The molecular weight excluding hydrogens is 262 g/mol. The van der Waals surface area contributed by atoms with Gasteiger partial charge in [-0.25, -0.2) is 4.79 Å². The van der Waals surface area contributed by atoms with Gasteiger partial charge >= 0.3 is 5.97 Å². The topological polar surface area (TPSA) is 66.0 Å². The summed E-state index contributed by atoms with van der Waals surface area (Å²) in [6.45, 7) is 1.63. The van der Waals surface area contributed by atoms with Crippen molar-refractivity contribution in [2.75, 3.05) is 19.8 Å². The van der Waals surface area contributed by atoms with Gasteiger partial charge in [0.25, 0.3) is 0 Å². The summed E-state index contributed by atoms with van der Waals surface area (Å²) >= 11 is 0. The fourth-order valence-corrected chi connectivity index (χ4v) is 2.36. The molecule has 1 aromatic carbocycles. The van der Waals surface area contributed by atoms with E-state index in [9.17, 15) is 4.79 Å². The molecule has 3 rings (SSSR count). The predicted molar refractivity (Wildman–Crippen MR) is 68.4 cm³/mol. The highest BCUT2D eigenvalue weighted by molar-refractivity contribution is 5.83. The van der Waals surface area contributed by atoms with E-state index in [0.29, 0.717) is 32.8 Å². The number of hydrogen-bond donors (Lipinski definition) is 1. The number of esters is 1. The molecule has 20 heavy (non-hydrogen) atoms. The van der Waals surface area contributed by atoms with E-state index in [2.05, 4.69) is 5.48 Å². The van der Waals surface area contributed by atoms with Crippen molar-refractivity contribution in [3.8, 4) is 0 Å². The van der Waals surface area contributed by atoms with E-state index in [1.807, 2.05) is 30.3 Å². The Balaban J connectivity index is 1.63. The lowest BCUT2D eigenvalue weighted by atomic mass is 9.98. The lowest BCUT2D eigenvalue weighted by Crippen LogP contribution is -2.58. The van der Waals surface area contributed by atoms with E-state index in [-0.39, 0.29) is 0 Å². The normalized spacial score (nSPS) is 26.9. The minimum atomic E-state index is -1.06. The van der Waals surface area contributed by atoms with Crippen molar-refractivity contribution in [1.29, 1.82) is 0 Å². The number of carbonyl (C=O) groups excluding carboxylic acids is 1. The van der Waals surface area contributed by atoms with Gasteiger partial charge in [-0.1, -0.05) is 30.3 Å². The Hall–Kier alpha value is -1.47. The van der Waals surface area contributed by atoms with Crippen LogP contribution in [0.4, 0.5) is 0 Å². The first kappa shape index (κ1) is 13.5. The minimum absolute atomic E-state index is 0.337. The van der Waals surface area contributed by atoms with Gasteiger partial charge < -0.3 is 14.2 Å². The molecular formula is C14H17NO5. The van der Waals surface area contributed by atoms with Crippen LogP contribution in [0.2, 0.25) is 0 Å². The second-order valence-corrected chi connectivity index (χ2v) is 4.81. The Kier molecular flexibility index (Phi) is 3.98. The minimum Gasteiger partial charge on any atom is -0.464 e. The summed E-state index contributed by atoms with van der Waals surface area (Å²) in [5, 5.41) is 0. The Morgan fingerprint density at radius 2 is 1.95 bits per heavy atom. The highest BCUT2D eigenvalue weighted by Gasteiger charge is 2.54. The number of nitrogens with one attached hydrogen (secondary N) is 1. The summed E-state index contributed by atoms with van der Waals surface area (Å²) in [5.41, 5.74) is 2.76. The molecule has 0 radical (unpaired) electrons. The fourth-order valence-electron chi connectivity index (χ4n) is 2.36. The van der Waals surface area contributed by atoms with Gasteiger partial charge in [0, 0.05) is 6.42 Å². The molecule has 2 aliphatic rings. The number of rotatable bonds is 5. The molecule has 2 fully saturated rings. The van der Waals surface area contributed by atoms with Gasteiger partial charge in [-0.3, -0.25) is 4.84 Å². The summed E-state index contributed by atoms with van der Waals surface area (Å²) in [7, 11) is 0. The van der Waals surface area contributed by atoms with Crippen LogP contribution in [0, 0.1) is 0 Å². The van der Waals surface area contributed by atoms with Crippen molar-refractivity contribution >= 4 is 5.97 Å². The summed E-state index contributed by atoms with van der Waals surface area (Å²) in [6, 6.07) is 9.70. The SMILES string of the molecule is O=C1OCCC1(NOCc1ccccc1)C1OCCO1. The molecule has 6 heteroatoms. The summed E-state index contributed by atoms with van der Waals surface area (Å²) in [6.07, 6.45) is -0.195. The summed E-state index contributed by atoms with van der Waals surface area (Å²) in [5.74, 6) is -0.391. The number of hydrogen-bond acceptors (Lipinski definition) is 6. The maximum Gasteiger partial charge on any atom is 0.334 e. The molecule has 2 heterocycles. The third-order valence-corrected chi connectivity index (χ3v) is 3.45. The standard InChI is InChI=1S/C14H17NO5/c16-12-14(6-7-17-12,13-18-8-9-19-13)15-20-10-11-4-2-1-3-5-11/h1-5,13,15H,6-10H2. The lowest BCUT2D eigenvalue weighted by molar-refractivity contribution is -0.180. The molecule has 1 atom stereocenters. The zero-order chi connectivity index (χ0) is 13.8.